The lowest BCUT2D eigenvalue weighted by molar-refractivity contribution is -0.116. The molecule has 2 amide bonds. The van der Waals surface area contributed by atoms with E-state index in [1.165, 1.54) is 24.6 Å². The fraction of sp³-hybridized carbons (Fsp3) is 0.350. The molecule has 1 aliphatic carbocycles. The summed E-state index contributed by atoms with van der Waals surface area (Å²) in [5.74, 6) is 0.458. The highest BCUT2D eigenvalue weighted by molar-refractivity contribution is 5.94. The van der Waals surface area contributed by atoms with Crippen molar-refractivity contribution in [2.45, 2.75) is 38.4 Å². The largest absolute Gasteiger partial charge is 0.348 e. The predicted molar refractivity (Wildman–Crippen MR) is 97.4 cm³/mol. The van der Waals surface area contributed by atoms with Crippen molar-refractivity contribution in [2.24, 2.45) is 0 Å². The Kier molecular flexibility index (Phi) is 4.32. The summed E-state index contributed by atoms with van der Waals surface area (Å²) in [4.78, 5) is 25.9. The molecule has 0 radical (unpaired) electrons. The lowest BCUT2D eigenvalue weighted by Crippen LogP contribution is -2.38. The minimum Gasteiger partial charge on any atom is -0.348 e. The molecule has 1 aromatic heterocycles. The molecule has 0 spiro atoms. The van der Waals surface area contributed by atoms with Crippen LogP contribution in [0.3, 0.4) is 0 Å². The summed E-state index contributed by atoms with van der Waals surface area (Å²) in [5, 5.41) is 7.40. The van der Waals surface area contributed by atoms with Gasteiger partial charge < -0.3 is 10.2 Å². The number of rotatable bonds is 5. The predicted octanol–water partition coefficient (Wildman–Crippen LogP) is 2.22. The zero-order valence-electron chi connectivity index (χ0n) is 14.6. The normalized spacial score (nSPS) is 16.1. The molecule has 6 heteroatoms. The Morgan fingerprint density at radius 3 is 2.69 bits per heavy atom. The van der Waals surface area contributed by atoms with Gasteiger partial charge in [0.1, 0.15) is 0 Å². The number of benzene rings is 1. The minimum atomic E-state index is -0.208. The van der Waals surface area contributed by atoms with E-state index in [1.807, 2.05) is 33.8 Å². The van der Waals surface area contributed by atoms with E-state index in [4.69, 9.17) is 0 Å². The van der Waals surface area contributed by atoms with Gasteiger partial charge >= 0.3 is 0 Å². The van der Waals surface area contributed by atoms with E-state index in [-0.39, 0.29) is 11.8 Å². The van der Waals surface area contributed by atoms with Crippen molar-refractivity contribution < 1.29 is 9.59 Å². The number of amides is 2. The first kappa shape index (κ1) is 16.6. The van der Waals surface area contributed by atoms with Crippen LogP contribution >= 0.6 is 0 Å². The monoisotopic (exact) mass is 350 g/mol. The van der Waals surface area contributed by atoms with Gasteiger partial charge in [0.15, 0.2) is 0 Å². The smallest absolute Gasteiger partial charge is 0.254 e. The first-order chi connectivity index (χ1) is 12.6. The Bertz CT molecular complexity index is 849. The first-order valence-electron chi connectivity index (χ1n) is 8.99. The fourth-order valence-electron chi connectivity index (χ4n) is 3.25. The van der Waals surface area contributed by atoms with Crippen LogP contribution in [-0.2, 0) is 24.4 Å². The molecule has 1 fully saturated rings. The van der Waals surface area contributed by atoms with E-state index in [1.54, 1.807) is 0 Å². The molecular formula is C20H22N4O2. The van der Waals surface area contributed by atoms with Gasteiger partial charge in [-0.05, 0) is 42.7 Å². The summed E-state index contributed by atoms with van der Waals surface area (Å²) >= 11 is 0. The van der Waals surface area contributed by atoms with Gasteiger partial charge in [0.25, 0.3) is 5.91 Å². The Morgan fingerprint density at radius 1 is 1.23 bits per heavy atom. The molecule has 1 aliphatic heterocycles. The Balaban J connectivity index is 1.40. The van der Waals surface area contributed by atoms with E-state index in [0.29, 0.717) is 31.1 Å². The van der Waals surface area contributed by atoms with Crippen LogP contribution in [-0.4, -0.2) is 33.0 Å². The third kappa shape index (κ3) is 3.40. The standard InChI is InChI=1S/C20H22N4O2/c1-2-19(25)21-12-14-3-5-16(6-4-14)20(26)23-9-10-24-17(13-23)11-18(22-24)15-7-8-15/h2-6,11,15H,1,7-10,12-13H2,(H,21,25). The van der Waals surface area contributed by atoms with Crippen LogP contribution in [0.2, 0.25) is 0 Å². The average molecular weight is 350 g/mol. The summed E-state index contributed by atoms with van der Waals surface area (Å²) in [7, 11) is 0. The van der Waals surface area contributed by atoms with E-state index >= 15 is 0 Å². The summed E-state index contributed by atoms with van der Waals surface area (Å²) in [5.41, 5.74) is 3.91. The molecule has 6 nitrogen and oxygen atoms in total. The summed E-state index contributed by atoms with van der Waals surface area (Å²) in [6, 6.07) is 9.53. The number of carbonyl (C=O) groups excluding carboxylic acids is 2. The summed E-state index contributed by atoms with van der Waals surface area (Å²) in [6.07, 6.45) is 3.71. The molecule has 134 valence electrons. The van der Waals surface area contributed by atoms with Crippen LogP contribution in [0.5, 0.6) is 0 Å². The van der Waals surface area contributed by atoms with Crippen molar-refractivity contribution >= 4 is 11.8 Å². The molecule has 2 heterocycles. The quantitative estimate of drug-likeness (QED) is 0.841. The van der Waals surface area contributed by atoms with E-state index in [0.717, 1.165) is 17.8 Å². The SMILES string of the molecule is C=CC(=O)NCc1ccc(C(=O)N2CCn3nc(C4CC4)cc3C2)cc1. The molecule has 4 rings (SSSR count). The lowest BCUT2D eigenvalue weighted by Gasteiger charge is -2.27. The van der Waals surface area contributed by atoms with Gasteiger partial charge in [0.2, 0.25) is 5.91 Å². The highest BCUT2D eigenvalue weighted by Crippen LogP contribution is 2.39. The van der Waals surface area contributed by atoms with Crippen molar-refractivity contribution in [3.05, 3.63) is 65.5 Å². The number of hydrogen-bond donors (Lipinski definition) is 1. The van der Waals surface area contributed by atoms with Crippen molar-refractivity contribution in [1.82, 2.24) is 20.0 Å². The van der Waals surface area contributed by atoms with Crippen LogP contribution in [0.15, 0.2) is 43.0 Å². The van der Waals surface area contributed by atoms with Crippen LogP contribution in [0, 0.1) is 0 Å². The maximum absolute atomic E-state index is 12.8. The molecule has 2 aliphatic rings. The van der Waals surface area contributed by atoms with Crippen LogP contribution in [0.25, 0.3) is 0 Å². The zero-order valence-corrected chi connectivity index (χ0v) is 14.6. The molecular weight excluding hydrogens is 328 g/mol. The van der Waals surface area contributed by atoms with Gasteiger partial charge in [0.05, 0.1) is 24.5 Å². The Labute approximate surface area is 152 Å². The van der Waals surface area contributed by atoms with Gasteiger partial charge in [0, 0.05) is 24.6 Å². The molecule has 0 atom stereocenters. The number of nitrogens with one attached hydrogen (secondary N) is 1. The van der Waals surface area contributed by atoms with E-state index in [2.05, 4.69) is 23.1 Å². The topological polar surface area (TPSA) is 67.2 Å². The lowest BCUT2D eigenvalue weighted by atomic mass is 10.1. The molecule has 2 aromatic rings. The van der Waals surface area contributed by atoms with Gasteiger partial charge in [-0.25, -0.2) is 0 Å². The van der Waals surface area contributed by atoms with Gasteiger partial charge in [-0.15, -0.1) is 0 Å². The molecule has 0 unspecified atom stereocenters. The van der Waals surface area contributed by atoms with Crippen LogP contribution in [0.1, 0.15) is 46.1 Å². The summed E-state index contributed by atoms with van der Waals surface area (Å²) in [6.45, 7) is 5.88. The van der Waals surface area contributed by atoms with Crippen molar-refractivity contribution in [2.75, 3.05) is 6.54 Å². The molecule has 26 heavy (non-hydrogen) atoms. The molecule has 1 saturated carbocycles. The first-order valence-corrected chi connectivity index (χ1v) is 8.99. The third-order valence-electron chi connectivity index (χ3n) is 4.95. The second kappa shape index (κ2) is 6.78. The number of fused-ring (bicyclic) bond motifs is 1. The van der Waals surface area contributed by atoms with Crippen LogP contribution < -0.4 is 5.32 Å². The van der Waals surface area contributed by atoms with E-state index in [9.17, 15) is 9.59 Å². The number of hydrogen-bond acceptors (Lipinski definition) is 3. The Morgan fingerprint density at radius 2 is 2.00 bits per heavy atom. The highest BCUT2D eigenvalue weighted by atomic mass is 16.2. The van der Waals surface area contributed by atoms with Crippen LogP contribution in [0.4, 0.5) is 0 Å². The third-order valence-corrected chi connectivity index (χ3v) is 4.95. The highest BCUT2D eigenvalue weighted by Gasteiger charge is 2.29. The van der Waals surface area contributed by atoms with Crippen molar-refractivity contribution in [3.63, 3.8) is 0 Å². The second-order valence-corrected chi connectivity index (χ2v) is 6.90. The van der Waals surface area contributed by atoms with Gasteiger partial charge in [-0.1, -0.05) is 18.7 Å². The molecule has 0 bridgehead atoms. The molecule has 1 N–H and O–H groups in total. The fourth-order valence-corrected chi connectivity index (χ4v) is 3.25. The van der Waals surface area contributed by atoms with Gasteiger partial charge in [-0.3, -0.25) is 14.3 Å². The minimum absolute atomic E-state index is 0.0344. The maximum Gasteiger partial charge on any atom is 0.254 e. The van der Waals surface area contributed by atoms with Gasteiger partial charge in [-0.2, -0.15) is 5.10 Å². The molecule has 0 saturated heterocycles. The number of carbonyl (C=O) groups is 2. The zero-order chi connectivity index (χ0) is 18.1. The number of aromatic nitrogens is 2. The van der Waals surface area contributed by atoms with Crippen molar-refractivity contribution in [3.8, 4) is 0 Å². The second-order valence-electron chi connectivity index (χ2n) is 6.90. The average Bonchev–Trinajstić information content (AvgIpc) is 3.44. The number of nitrogens with zero attached hydrogens (tertiary/aromatic N) is 3. The van der Waals surface area contributed by atoms with Crippen molar-refractivity contribution in [1.29, 1.82) is 0 Å². The Hall–Kier alpha value is -2.89. The summed E-state index contributed by atoms with van der Waals surface area (Å²) < 4.78 is 2.04. The maximum atomic E-state index is 12.8. The molecule has 1 aromatic carbocycles. The van der Waals surface area contributed by atoms with E-state index < -0.39 is 0 Å².